The van der Waals surface area contributed by atoms with Crippen LogP contribution in [-0.4, -0.2) is 16.9 Å². The van der Waals surface area contributed by atoms with E-state index in [4.69, 9.17) is 27.9 Å². The molecule has 0 aliphatic rings. The van der Waals surface area contributed by atoms with Gasteiger partial charge in [-0.25, -0.2) is 4.79 Å². The topological polar surface area (TPSA) is 80.3 Å². The molecule has 6 nitrogen and oxygen atoms in total. The van der Waals surface area contributed by atoms with E-state index in [0.29, 0.717) is 23.1 Å². The Hall–Kier alpha value is -3.09. The Morgan fingerprint density at radius 1 is 0.964 bits per heavy atom. The number of carbonyl (C=O) groups is 2. The van der Waals surface area contributed by atoms with E-state index in [-0.39, 0.29) is 10.6 Å². The molecular weight excluding hydrogens is 401 g/mol. The average Bonchev–Trinajstić information content (AvgIpc) is 2.69. The van der Waals surface area contributed by atoms with Gasteiger partial charge in [0.15, 0.2) is 0 Å². The molecule has 1 heterocycles. The predicted octanol–water partition coefficient (Wildman–Crippen LogP) is 4.93. The summed E-state index contributed by atoms with van der Waals surface area (Å²) >= 11 is 11.7. The minimum Gasteiger partial charge on any atom is -0.489 e. The first-order valence-electron chi connectivity index (χ1n) is 8.20. The third-order valence-corrected chi connectivity index (χ3v) is 4.23. The van der Waals surface area contributed by atoms with Crippen LogP contribution in [-0.2, 0) is 6.61 Å². The minimum absolute atomic E-state index is 0.162. The standard InChI is InChI=1S/C20H15Cl2N3O3/c21-14-3-1-13(2-4-14)12-28-16-7-5-15(6-8-16)24-20(27)25-19(26)17-9-10-23-11-18(17)22/h1-11H,12H2,(H2,24,25,26,27). The van der Waals surface area contributed by atoms with Gasteiger partial charge >= 0.3 is 6.03 Å². The van der Waals surface area contributed by atoms with Gasteiger partial charge in [-0.1, -0.05) is 35.3 Å². The number of rotatable bonds is 5. The van der Waals surface area contributed by atoms with E-state index in [1.807, 2.05) is 12.1 Å². The molecule has 0 aliphatic heterocycles. The molecule has 0 radical (unpaired) electrons. The smallest absolute Gasteiger partial charge is 0.326 e. The summed E-state index contributed by atoms with van der Waals surface area (Å²) in [6.45, 7) is 0.394. The normalized spacial score (nSPS) is 10.2. The molecule has 28 heavy (non-hydrogen) atoms. The molecule has 0 bridgehead atoms. The first-order valence-corrected chi connectivity index (χ1v) is 8.96. The Kier molecular flexibility index (Phi) is 6.47. The van der Waals surface area contributed by atoms with Crippen molar-refractivity contribution in [2.45, 2.75) is 6.61 Å². The first-order chi connectivity index (χ1) is 13.5. The van der Waals surface area contributed by atoms with Crippen LogP contribution in [0.25, 0.3) is 0 Å². The maximum Gasteiger partial charge on any atom is 0.326 e. The quantitative estimate of drug-likeness (QED) is 0.618. The molecule has 3 aromatic rings. The fraction of sp³-hybridized carbons (Fsp3) is 0.0500. The number of pyridine rings is 1. The Labute approximate surface area is 171 Å². The van der Waals surface area contributed by atoms with Gasteiger partial charge in [0, 0.05) is 23.1 Å². The number of nitrogens with one attached hydrogen (secondary N) is 2. The van der Waals surface area contributed by atoms with Crippen LogP contribution in [0.3, 0.4) is 0 Å². The maximum atomic E-state index is 12.0. The van der Waals surface area contributed by atoms with Gasteiger partial charge in [0.05, 0.1) is 10.6 Å². The summed E-state index contributed by atoms with van der Waals surface area (Å²) in [5.74, 6) is 0.0216. The Bertz CT molecular complexity index is 977. The third kappa shape index (κ3) is 5.45. The number of aromatic nitrogens is 1. The van der Waals surface area contributed by atoms with Gasteiger partial charge in [0.1, 0.15) is 12.4 Å². The van der Waals surface area contributed by atoms with Crippen molar-refractivity contribution in [2.75, 3.05) is 5.32 Å². The van der Waals surface area contributed by atoms with Crippen molar-refractivity contribution >= 4 is 40.8 Å². The van der Waals surface area contributed by atoms with Crippen LogP contribution in [0.1, 0.15) is 15.9 Å². The number of hydrogen-bond donors (Lipinski definition) is 2. The summed E-state index contributed by atoms with van der Waals surface area (Å²) in [6, 6.07) is 14.9. The van der Waals surface area contributed by atoms with Gasteiger partial charge in [-0.05, 0) is 48.0 Å². The zero-order chi connectivity index (χ0) is 19.9. The summed E-state index contributed by atoms with van der Waals surface area (Å²) in [5, 5.41) is 5.61. The molecule has 0 saturated heterocycles. The lowest BCUT2D eigenvalue weighted by Crippen LogP contribution is -2.34. The molecule has 3 rings (SSSR count). The molecule has 2 N–H and O–H groups in total. The number of anilines is 1. The van der Waals surface area contributed by atoms with E-state index >= 15 is 0 Å². The lowest BCUT2D eigenvalue weighted by Gasteiger charge is -2.09. The van der Waals surface area contributed by atoms with Gasteiger partial charge < -0.3 is 10.1 Å². The number of imide groups is 1. The second kappa shape index (κ2) is 9.21. The molecule has 1 aromatic heterocycles. The number of ether oxygens (including phenoxy) is 1. The lowest BCUT2D eigenvalue weighted by molar-refractivity contribution is 0.0967. The van der Waals surface area contributed by atoms with E-state index in [1.54, 1.807) is 36.4 Å². The average molecular weight is 416 g/mol. The van der Waals surface area contributed by atoms with Crippen molar-refractivity contribution in [1.82, 2.24) is 10.3 Å². The van der Waals surface area contributed by atoms with Crippen LogP contribution in [0.15, 0.2) is 67.0 Å². The number of urea groups is 1. The van der Waals surface area contributed by atoms with E-state index in [9.17, 15) is 9.59 Å². The van der Waals surface area contributed by atoms with Crippen LogP contribution in [0.4, 0.5) is 10.5 Å². The summed E-state index contributed by atoms with van der Waals surface area (Å²) in [4.78, 5) is 27.8. The Morgan fingerprint density at radius 2 is 1.68 bits per heavy atom. The molecular formula is C20H15Cl2N3O3. The van der Waals surface area contributed by atoms with Gasteiger partial charge in [0.25, 0.3) is 5.91 Å². The molecule has 8 heteroatoms. The fourth-order valence-corrected chi connectivity index (χ4v) is 2.61. The number of halogens is 2. The second-order valence-corrected chi connectivity index (χ2v) is 6.55. The molecule has 0 saturated carbocycles. The van der Waals surface area contributed by atoms with Crippen LogP contribution in [0.2, 0.25) is 10.0 Å². The van der Waals surface area contributed by atoms with Crippen molar-refractivity contribution in [1.29, 1.82) is 0 Å². The number of hydrogen-bond acceptors (Lipinski definition) is 4. The first kappa shape index (κ1) is 19.7. The van der Waals surface area contributed by atoms with E-state index in [2.05, 4.69) is 15.6 Å². The molecule has 0 unspecified atom stereocenters. The number of benzene rings is 2. The van der Waals surface area contributed by atoms with E-state index in [1.165, 1.54) is 18.5 Å². The second-order valence-electron chi connectivity index (χ2n) is 5.70. The number of carbonyl (C=O) groups excluding carboxylic acids is 2. The zero-order valence-corrected chi connectivity index (χ0v) is 16.0. The van der Waals surface area contributed by atoms with Crippen molar-refractivity contribution in [3.63, 3.8) is 0 Å². The zero-order valence-electron chi connectivity index (χ0n) is 14.5. The van der Waals surface area contributed by atoms with Crippen LogP contribution in [0, 0.1) is 0 Å². The van der Waals surface area contributed by atoms with Crippen LogP contribution < -0.4 is 15.4 Å². The van der Waals surface area contributed by atoms with Gasteiger partial charge in [-0.2, -0.15) is 0 Å². The highest BCUT2D eigenvalue weighted by molar-refractivity contribution is 6.34. The molecule has 0 spiro atoms. The summed E-state index contributed by atoms with van der Waals surface area (Å²) in [7, 11) is 0. The highest BCUT2D eigenvalue weighted by Gasteiger charge is 2.13. The molecule has 2 aromatic carbocycles. The molecule has 0 aliphatic carbocycles. The predicted molar refractivity (Wildman–Crippen MR) is 108 cm³/mol. The Morgan fingerprint density at radius 3 is 2.36 bits per heavy atom. The molecule has 142 valence electrons. The highest BCUT2D eigenvalue weighted by atomic mass is 35.5. The monoisotopic (exact) mass is 415 g/mol. The van der Waals surface area contributed by atoms with Crippen LogP contribution >= 0.6 is 23.2 Å². The summed E-state index contributed by atoms with van der Waals surface area (Å²) in [5.41, 5.74) is 1.65. The number of amides is 3. The highest BCUT2D eigenvalue weighted by Crippen LogP contribution is 2.18. The van der Waals surface area contributed by atoms with E-state index in [0.717, 1.165) is 5.56 Å². The largest absolute Gasteiger partial charge is 0.489 e. The van der Waals surface area contributed by atoms with Crippen molar-refractivity contribution in [3.05, 3.63) is 88.2 Å². The lowest BCUT2D eigenvalue weighted by atomic mass is 10.2. The van der Waals surface area contributed by atoms with Crippen molar-refractivity contribution in [2.24, 2.45) is 0 Å². The maximum absolute atomic E-state index is 12.0. The molecule has 3 amide bonds. The van der Waals surface area contributed by atoms with Crippen LogP contribution in [0.5, 0.6) is 5.75 Å². The number of nitrogens with zero attached hydrogens (tertiary/aromatic N) is 1. The SMILES string of the molecule is O=C(NC(=O)c1ccncc1Cl)Nc1ccc(OCc2ccc(Cl)cc2)cc1. The van der Waals surface area contributed by atoms with Crippen molar-refractivity contribution in [3.8, 4) is 5.75 Å². The molecule has 0 fully saturated rings. The van der Waals surface area contributed by atoms with E-state index < -0.39 is 11.9 Å². The van der Waals surface area contributed by atoms with Gasteiger partial charge in [-0.3, -0.25) is 15.1 Å². The van der Waals surface area contributed by atoms with Crippen molar-refractivity contribution < 1.29 is 14.3 Å². The van der Waals surface area contributed by atoms with Gasteiger partial charge in [-0.15, -0.1) is 0 Å². The third-order valence-electron chi connectivity index (χ3n) is 3.68. The fourth-order valence-electron chi connectivity index (χ4n) is 2.27. The minimum atomic E-state index is -0.673. The van der Waals surface area contributed by atoms with Gasteiger partial charge in [0.2, 0.25) is 0 Å². The Balaban J connectivity index is 1.52. The summed E-state index contributed by atoms with van der Waals surface area (Å²) in [6.07, 6.45) is 2.75. The molecule has 0 atom stereocenters. The summed E-state index contributed by atoms with van der Waals surface area (Å²) < 4.78 is 5.68.